The number of hydrogen-bond acceptors (Lipinski definition) is 5. The van der Waals surface area contributed by atoms with Gasteiger partial charge in [-0.15, -0.1) is 0 Å². The number of rotatable bonds is 12. The van der Waals surface area contributed by atoms with Crippen LogP contribution >= 0.6 is 0 Å². The van der Waals surface area contributed by atoms with Crippen LogP contribution in [0.15, 0.2) is 182 Å². The van der Waals surface area contributed by atoms with Crippen molar-refractivity contribution in [2.24, 2.45) is 0 Å². The van der Waals surface area contributed by atoms with Crippen molar-refractivity contribution in [1.29, 1.82) is 0 Å². The highest BCUT2D eigenvalue weighted by atomic mass is 16.5. The van der Waals surface area contributed by atoms with Crippen LogP contribution in [0.2, 0.25) is 0 Å². The number of aromatic nitrogens is 2. The van der Waals surface area contributed by atoms with Crippen LogP contribution in [0, 0.1) is 13.8 Å². The van der Waals surface area contributed by atoms with Gasteiger partial charge in [-0.1, -0.05) is 84.9 Å². The lowest BCUT2D eigenvalue weighted by Crippen LogP contribution is -2.04. The van der Waals surface area contributed by atoms with E-state index in [-0.39, 0.29) is 11.5 Å². The van der Waals surface area contributed by atoms with Gasteiger partial charge in [0.15, 0.2) is 0 Å². The van der Waals surface area contributed by atoms with Crippen LogP contribution in [-0.4, -0.2) is 33.3 Å². The summed E-state index contributed by atoms with van der Waals surface area (Å²) in [6.45, 7) is 5.09. The Bertz CT molecular complexity index is 2640. The molecule has 0 atom stereocenters. The number of carboxylic acid groups (broad SMARTS) is 1. The molecule has 0 saturated carbocycles. The van der Waals surface area contributed by atoms with Crippen LogP contribution in [0.4, 0.5) is 0 Å². The Labute approximate surface area is 344 Å². The predicted octanol–water partition coefficient (Wildman–Crippen LogP) is 11.5. The molecule has 294 valence electrons. The van der Waals surface area contributed by atoms with Crippen LogP contribution in [0.3, 0.4) is 0 Å². The molecule has 6 aromatic carbocycles. The van der Waals surface area contributed by atoms with Crippen molar-refractivity contribution in [2.45, 2.75) is 27.1 Å². The molecule has 1 N–H and O–H groups in total. The molecular formula is C51H44N2O6. The van der Waals surface area contributed by atoms with Crippen molar-refractivity contribution < 1.29 is 28.9 Å². The number of benzene rings is 6. The van der Waals surface area contributed by atoms with Gasteiger partial charge in [-0.2, -0.15) is 0 Å². The second-order valence-electron chi connectivity index (χ2n) is 13.8. The average molecular weight is 781 g/mol. The fraction of sp³-hybridized carbons (Fsp3) is 0.0980. The zero-order valence-electron chi connectivity index (χ0n) is 33.1. The first-order chi connectivity index (χ1) is 28.8. The quantitative estimate of drug-likeness (QED) is 0.124. The molecule has 0 aliphatic heterocycles. The Hall–Kier alpha value is -7.58. The summed E-state index contributed by atoms with van der Waals surface area (Å²) in [5.41, 5.74) is 11.1. The Morgan fingerprint density at radius 3 is 1.27 bits per heavy atom. The summed E-state index contributed by atoms with van der Waals surface area (Å²) in [5.74, 6) is 0.357. The Morgan fingerprint density at radius 1 is 0.475 bits per heavy atom. The van der Waals surface area contributed by atoms with Crippen molar-refractivity contribution in [2.75, 3.05) is 7.11 Å². The highest BCUT2D eigenvalue weighted by molar-refractivity contribution is 5.89. The largest absolute Gasteiger partial charge is 0.488 e. The Balaban J connectivity index is 0.000000179. The minimum absolute atomic E-state index is 0.270. The molecule has 8 rings (SSSR count). The third-order valence-corrected chi connectivity index (χ3v) is 9.87. The van der Waals surface area contributed by atoms with Crippen molar-refractivity contribution in [3.05, 3.63) is 216 Å². The molecule has 0 spiro atoms. The van der Waals surface area contributed by atoms with E-state index in [1.807, 2.05) is 122 Å². The number of carbonyl (C=O) groups excluding carboxylic acids is 1. The number of esters is 1. The van der Waals surface area contributed by atoms with Crippen LogP contribution in [0.5, 0.6) is 11.5 Å². The zero-order valence-corrected chi connectivity index (χ0v) is 33.1. The minimum atomic E-state index is -0.930. The van der Waals surface area contributed by atoms with E-state index >= 15 is 0 Å². The first-order valence-corrected chi connectivity index (χ1v) is 19.2. The summed E-state index contributed by atoms with van der Waals surface area (Å²) >= 11 is 0. The van der Waals surface area contributed by atoms with Gasteiger partial charge in [0.1, 0.15) is 24.7 Å². The van der Waals surface area contributed by atoms with Crippen LogP contribution < -0.4 is 9.47 Å². The van der Waals surface area contributed by atoms with Gasteiger partial charge in [-0.05, 0) is 122 Å². The first kappa shape index (κ1) is 39.6. The minimum Gasteiger partial charge on any atom is -0.488 e. The van der Waals surface area contributed by atoms with Gasteiger partial charge in [0, 0.05) is 33.9 Å². The van der Waals surface area contributed by atoms with E-state index in [0.29, 0.717) is 18.8 Å². The van der Waals surface area contributed by atoms with Gasteiger partial charge in [-0.25, -0.2) is 9.59 Å². The molecule has 8 nitrogen and oxygen atoms in total. The van der Waals surface area contributed by atoms with Crippen molar-refractivity contribution in [1.82, 2.24) is 9.13 Å². The van der Waals surface area contributed by atoms with E-state index in [2.05, 4.69) is 58.5 Å². The number of para-hydroxylation sites is 2. The summed E-state index contributed by atoms with van der Waals surface area (Å²) in [6.07, 6.45) is 0. The monoisotopic (exact) mass is 780 g/mol. The number of nitrogens with zero attached hydrogens (tertiary/aromatic N) is 2. The molecule has 0 aliphatic rings. The maximum Gasteiger partial charge on any atom is 0.337 e. The molecule has 2 aromatic heterocycles. The van der Waals surface area contributed by atoms with Gasteiger partial charge in [-0.3, -0.25) is 0 Å². The van der Waals surface area contributed by atoms with E-state index in [1.54, 1.807) is 24.3 Å². The summed E-state index contributed by atoms with van der Waals surface area (Å²) < 4.78 is 21.4. The van der Waals surface area contributed by atoms with Crippen LogP contribution in [0.25, 0.3) is 33.9 Å². The third kappa shape index (κ3) is 9.35. The van der Waals surface area contributed by atoms with Crippen LogP contribution in [0.1, 0.15) is 43.2 Å². The number of carboxylic acids is 1. The van der Waals surface area contributed by atoms with Crippen LogP contribution in [-0.2, 0) is 18.0 Å². The Kier molecular flexibility index (Phi) is 12.5. The molecule has 0 unspecified atom stereocenters. The molecule has 0 radical (unpaired) electrons. The smallest absolute Gasteiger partial charge is 0.337 e. The average Bonchev–Trinajstić information content (AvgIpc) is 3.87. The van der Waals surface area contributed by atoms with Gasteiger partial charge in [0.05, 0.1) is 29.6 Å². The van der Waals surface area contributed by atoms with E-state index in [1.165, 1.54) is 7.11 Å². The summed E-state index contributed by atoms with van der Waals surface area (Å²) in [5, 5.41) is 9.16. The highest BCUT2D eigenvalue weighted by Gasteiger charge is 2.16. The van der Waals surface area contributed by atoms with Crippen molar-refractivity contribution >= 4 is 11.9 Å². The molecule has 59 heavy (non-hydrogen) atoms. The number of aryl methyl sites for hydroxylation is 2. The molecule has 0 saturated heterocycles. The SMILES string of the molecule is COC(=O)c1ccc(-n2c(C)ccc2-c2ccccc2OCc2ccccc2)cc1.Cc1ccc(-c2ccccc2OCc2ccccc2)n1-c1ccc(C(=O)O)cc1. The van der Waals surface area contributed by atoms with E-state index in [9.17, 15) is 9.59 Å². The summed E-state index contributed by atoms with van der Waals surface area (Å²) in [4.78, 5) is 22.9. The predicted molar refractivity (Wildman–Crippen MR) is 232 cm³/mol. The lowest BCUT2D eigenvalue weighted by molar-refractivity contribution is 0.0599. The fourth-order valence-corrected chi connectivity index (χ4v) is 6.88. The van der Waals surface area contributed by atoms with Gasteiger partial charge >= 0.3 is 11.9 Å². The third-order valence-electron chi connectivity index (χ3n) is 9.87. The second kappa shape index (κ2) is 18.6. The number of hydrogen-bond donors (Lipinski definition) is 1. The van der Waals surface area contributed by atoms with E-state index in [4.69, 9.17) is 19.3 Å². The molecule has 0 bridgehead atoms. The number of methoxy groups -OCH3 is 1. The topological polar surface area (TPSA) is 91.9 Å². The van der Waals surface area contributed by atoms with E-state index in [0.717, 1.165) is 67.9 Å². The molecule has 0 fully saturated rings. The van der Waals surface area contributed by atoms with Gasteiger partial charge in [0.2, 0.25) is 0 Å². The van der Waals surface area contributed by atoms with Crippen molar-refractivity contribution in [3.8, 4) is 45.4 Å². The normalized spacial score (nSPS) is 10.6. The maximum atomic E-state index is 11.8. The summed E-state index contributed by atoms with van der Waals surface area (Å²) in [7, 11) is 1.39. The van der Waals surface area contributed by atoms with Gasteiger partial charge in [0.25, 0.3) is 0 Å². The standard InChI is InChI=1S/C26H23NO3.C25H21NO3/c1-19-12-17-24(27(19)22-15-13-21(14-16-22)26(28)29-2)23-10-6-7-11-25(23)30-18-20-8-4-3-5-9-20;1-18-11-16-23(26(18)21-14-12-20(13-15-21)25(27)28)22-9-5-6-10-24(22)29-17-19-7-3-2-4-8-19/h3-17H,18H2,1-2H3;2-16H,17H2,1H3,(H,27,28). The second-order valence-corrected chi connectivity index (χ2v) is 13.8. The van der Waals surface area contributed by atoms with Crippen molar-refractivity contribution in [3.63, 3.8) is 0 Å². The maximum absolute atomic E-state index is 11.8. The zero-order chi connectivity index (χ0) is 41.1. The molecule has 8 aromatic rings. The molecule has 0 amide bonds. The fourth-order valence-electron chi connectivity index (χ4n) is 6.88. The number of carbonyl (C=O) groups is 2. The lowest BCUT2D eigenvalue weighted by Gasteiger charge is -2.16. The molecule has 0 aliphatic carbocycles. The molecule has 8 heteroatoms. The number of aromatic carboxylic acids is 1. The number of ether oxygens (including phenoxy) is 3. The molecule has 2 heterocycles. The lowest BCUT2D eigenvalue weighted by atomic mass is 10.1. The summed E-state index contributed by atoms with van der Waals surface area (Å²) in [6, 6.07) is 58.8. The Morgan fingerprint density at radius 2 is 0.864 bits per heavy atom. The van der Waals surface area contributed by atoms with E-state index < -0.39 is 5.97 Å². The molecular weight excluding hydrogens is 737 g/mol. The first-order valence-electron chi connectivity index (χ1n) is 19.2. The highest BCUT2D eigenvalue weighted by Crippen LogP contribution is 2.35. The van der Waals surface area contributed by atoms with Gasteiger partial charge < -0.3 is 28.5 Å².